The maximum absolute atomic E-state index is 13.6. The molecule has 2 atom stereocenters. The van der Waals surface area contributed by atoms with Gasteiger partial charge in [-0.05, 0) is 67.1 Å². The molecule has 43 heavy (non-hydrogen) atoms. The fourth-order valence-electron chi connectivity index (χ4n) is 6.18. The molecular weight excluding hydrogens is 538 g/mol. The first kappa shape index (κ1) is 32.2. The van der Waals surface area contributed by atoms with Crippen molar-refractivity contribution in [2.45, 2.75) is 76.5 Å². The SMILES string of the molecule is CCCN(CCC)C(=O)c1cccc(C(=O)N[C@@H](c2ccccc2)[C@H](O)CNC2(c3cccc(OC)c3)CCCCC2)c1. The summed E-state index contributed by atoms with van der Waals surface area (Å²) in [5.74, 6) is 0.408. The Morgan fingerprint density at radius 3 is 2.23 bits per heavy atom. The van der Waals surface area contributed by atoms with Crippen molar-refractivity contribution < 1.29 is 19.4 Å². The number of rotatable bonds is 14. The van der Waals surface area contributed by atoms with E-state index in [2.05, 4.69) is 36.6 Å². The van der Waals surface area contributed by atoms with Crippen LogP contribution in [0.25, 0.3) is 0 Å². The molecule has 1 fully saturated rings. The largest absolute Gasteiger partial charge is 0.497 e. The number of carbonyl (C=O) groups is 2. The molecule has 7 nitrogen and oxygen atoms in total. The van der Waals surface area contributed by atoms with E-state index in [1.54, 1.807) is 31.4 Å². The van der Waals surface area contributed by atoms with E-state index >= 15 is 0 Å². The summed E-state index contributed by atoms with van der Waals surface area (Å²) in [6, 6.07) is 23.9. The lowest BCUT2D eigenvalue weighted by molar-refractivity contribution is 0.0755. The summed E-state index contributed by atoms with van der Waals surface area (Å²) in [6.07, 6.45) is 6.15. The van der Waals surface area contributed by atoms with Gasteiger partial charge in [-0.1, -0.05) is 81.6 Å². The molecule has 7 heteroatoms. The topological polar surface area (TPSA) is 90.9 Å². The third-order valence-electron chi connectivity index (χ3n) is 8.46. The highest BCUT2D eigenvalue weighted by Crippen LogP contribution is 2.38. The van der Waals surface area contributed by atoms with Crippen LogP contribution in [0.4, 0.5) is 0 Å². The minimum Gasteiger partial charge on any atom is -0.497 e. The second kappa shape index (κ2) is 15.7. The molecule has 0 aromatic heterocycles. The highest BCUT2D eigenvalue weighted by atomic mass is 16.5. The summed E-state index contributed by atoms with van der Waals surface area (Å²) in [6.45, 7) is 5.75. The van der Waals surface area contributed by atoms with Crippen LogP contribution in [0.1, 0.15) is 96.7 Å². The summed E-state index contributed by atoms with van der Waals surface area (Å²) in [5, 5.41) is 18.4. The van der Waals surface area contributed by atoms with Crippen molar-refractivity contribution in [3.63, 3.8) is 0 Å². The number of ether oxygens (including phenoxy) is 1. The van der Waals surface area contributed by atoms with Gasteiger partial charge in [0.15, 0.2) is 0 Å². The molecule has 0 heterocycles. The van der Waals surface area contributed by atoms with Gasteiger partial charge >= 0.3 is 0 Å². The van der Waals surface area contributed by atoms with Gasteiger partial charge in [0, 0.05) is 36.3 Å². The van der Waals surface area contributed by atoms with Crippen LogP contribution in [-0.2, 0) is 5.54 Å². The maximum Gasteiger partial charge on any atom is 0.253 e. The van der Waals surface area contributed by atoms with Crippen molar-refractivity contribution in [1.82, 2.24) is 15.5 Å². The van der Waals surface area contributed by atoms with Gasteiger partial charge in [0.25, 0.3) is 11.8 Å². The highest BCUT2D eigenvalue weighted by Gasteiger charge is 2.35. The quantitative estimate of drug-likeness (QED) is 0.208. The Hall–Kier alpha value is -3.68. The number of hydrogen-bond acceptors (Lipinski definition) is 5. The molecule has 3 aromatic rings. The van der Waals surface area contributed by atoms with E-state index in [0.29, 0.717) is 30.8 Å². The summed E-state index contributed by atoms with van der Waals surface area (Å²) in [7, 11) is 1.68. The Morgan fingerprint density at radius 1 is 0.884 bits per heavy atom. The number of hydrogen-bond donors (Lipinski definition) is 3. The molecule has 1 aliphatic rings. The van der Waals surface area contributed by atoms with E-state index in [4.69, 9.17) is 4.74 Å². The molecule has 3 aromatic carbocycles. The standard InChI is InChI=1S/C36H47N3O4/c1-4-22-39(23-5-2)35(42)29-17-12-16-28(24-29)34(41)38-33(27-14-8-6-9-15-27)32(40)26-37-36(20-10-7-11-21-36)30-18-13-19-31(25-30)43-3/h6,8-9,12-19,24-25,32-33,37,40H,4-5,7,10-11,20-23,26H2,1-3H3,(H,38,41)/t32-,33+/m1/s1. The molecule has 0 radical (unpaired) electrons. The van der Waals surface area contributed by atoms with Crippen LogP contribution in [0.15, 0.2) is 78.9 Å². The maximum atomic E-state index is 13.6. The van der Waals surface area contributed by atoms with Gasteiger partial charge in [0.05, 0.1) is 19.3 Å². The molecule has 1 aliphatic carbocycles. The number of methoxy groups -OCH3 is 1. The average Bonchev–Trinajstić information content (AvgIpc) is 3.06. The molecule has 0 bridgehead atoms. The molecule has 2 amide bonds. The van der Waals surface area contributed by atoms with Crippen molar-refractivity contribution in [2.75, 3.05) is 26.7 Å². The van der Waals surface area contributed by atoms with Gasteiger partial charge in [0.2, 0.25) is 0 Å². The highest BCUT2D eigenvalue weighted by molar-refractivity contribution is 5.99. The van der Waals surface area contributed by atoms with Crippen LogP contribution in [0, 0.1) is 0 Å². The van der Waals surface area contributed by atoms with Crippen LogP contribution in [-0.4, -0.2) is 54.7 Å². The molecule has 0 unspecified atom stereocenters. The number of aliphatic hydroxyl groups is 1. The molecule has 230 valence electrons. The van der Waals surface area contributed by atoms with E-state index in [9.17, 15) is 14.7 Å². The van der Waals surface area contributed by atoms with E-state index in [0.717, 1.165) is 55.4 Å². The van der Waals surface area contributed by atoms with E-state index in [1.165, 1.54) is 6.42 Å². The number of amides is 2. The van der Waals surface area contributed by atoms with Crippen molar-refractivity contribution in [2.24, 2.45) is 0 Å². The predicted molar refractivity (Wildman–Crippen MR) is 171 cm³/mol. The molecule has 1 saturated carbocycles. The number of nitrogens with one attached hydrogen (secondary N) is 2. The Balaban J connectivity index is 1.54. The fourth-order valence-corrected chi connectivity index (χ4v) is 6.18. The summed E-state index contributed by atoms with van der Waals surface area (Å²) in [5.41, 5.74) is 2.57. The van der Waals surface area contributed by atoms with Crippen molar-refractivity contribution in [3.05, 3.63) is 101 Å². The van der Waals surface area contributed by atoms with Crippen LogP contribution < -0.4 is 15.4 Å². The minimum absolute atomic E-state index is 0.0717. The monoisotopic (exact) mass is 585 g/mol. The molecule has 0 aliphatic heterocycles. The third-order valence-corrected chi connectivity index (χ3v) is 8.46. The van der Waals surface area contributed by atoms with E-state index in [1.807, 2.05) is 47.4 Å². The second-order valence-electron chi connectivity index (χ2n) is 11.6. The lowest BCUT2D eigenvalue weighted by atomic mass is 9.76. The van der Waals surface area contributed by atoms with E-state index < -0.39 is 12.1 Å². The fraction of sp³-hybridized carbons (Fsp3) is 0.444. The van der Waals surface area contributed by atoms with Gasteiger partial charge in [-0.3, -0.25) is 9.59 Å². The lowest BCUT2D eigenvalue weighted by Gasteiger charge is -2.40. The van der Waals surface area contributed by atoms with Gasteiger partial charge in [-0.25, -0.2) is 0 Å². The van der Waals surface area contributed by atoms with Gasteiger partial charge < -0.3 is 25.4 Å². The number of carbonyl (C=O) groups excluding carboxylic acids is 2. The number of benzene rings is 3. The Morgan fingerprint density at radius 2 is 1.56 bits per heavy atom. The summed E-state index contributed by atoms with van der Waals surface area (Å²) < 4.78 is 5.51. The first-order valence-corrected chi connectivity index (χ1v) is 15.7. The van der Waals surface area contributed by atoms with Gasteiger partial charge in [-0.15, -0.1) is 0 Å². The number of aliphatic hydroxyl groups excluding tert-OH is 1. The zero-order valence-corrected chi connectivity index (χ0v) is 25.9. The molecule has 0 saturated heterocycles. The van der Waals surface area contributed by atoms with Crippen molar-refractivity contribution in [3.8, 4) is 5.75 Å². The van der Waals surface area contributed by atoms with Crippen molar-refractivity contribution in [1.29, 1.82) is 0 Å². The predicted octanol–water partition coefficient (Wildman–Crippen LogP) is 6.24. The normalized spacial score (nSPS) is 15.7. The third kappa shape index (κ3) is 8.24. The summed E-state index contributed by atoms with van der Waals surface area (Å²) >= 11 is 0. The molecule has 0 spiro atoms. The average molecular weight is 586 g/mol. The van der Waals surface area contributed by atoms with Crippen LogP contribution >= 0.6 is 0 Å². The van der Waals surface area contributed by atoms with Crippen LogP contribution in [0.2, 0.25) is 0 Å². The Bertz CT molecular complexity index is 1320. The van der Waals surface area contributed by atoms with Gasteiger partial charge in [-0.2, -0.15) is 0 Å². The first-order chi connectivity index (χ1) is 20.9. The first-order valence-electron chi connectivity index (χ1n) is 15.7. The smallest absolute Gasteiger partial charge is 0.253 e. The zero-order valence-electron chi connectivity index (χ0n) is 25.9. The minimum atomic E-state index is -0.898. The van der Waals surface area contributed by atoms with Crippen molar-refractivity contribution >= 4 is 11.8 Å². The molecule has 3 N–H and O–H groups in total. The van der Waals surface area contributed by atoms with Crippen LogP contribution in [0.5, 0.6) is 5.75 Å². The second-order valence-corrected chi connectivity index (χ2v) is 11.6. The molecule has 4 rings (SSSR count). The summed E-state index contributed by atoms with van der Waals surface area (Å²) in [4.78, 5) is 28.7. The van der Waals surface area contributed by atoms with Gasteiger partial charge in [0.1, 0.15) is 5.75 Å². The zero-order chi connectivity index (χ0) is 30.7. The molecular formula is C36H47N3O4. The number of nitrogens with zero attached hydrogens (tertiary/aromatic N) is 1. The Kier molecular flexibility index (Phi) is 11.8. The lowest BCUT2D eigenvalue weighted by Crippen LogP contribution is -2.50. The Labute approximate surface area is 256 Å². The van der Waals surface area contributed by atoms with E-state index in [-0.39, 0.29) is 17.4 Å². The van der Waals surface area contributed by atoms with Crippen LogP contribution in [0.3, 0.4) is 0 Å².